The minimum Gasteiger partial charge on any atom is -0.352 e. The maximum Gasteiger partial charge on any atom is 0.242 e. The van der Waals surface area contributed by atoms with Gasteiger partial charge in [0.25, 0.3) is 0 Å². The van der Waals surface area contributed by atoms with Gasteiger partial charge in [-0.2, -0.15) is 0 Å². The van der Waals surface area contributed by atoms with Crippen LogP contribution < -0.4 is 5.32 Å². The molecule has 0 unspecified atom stereocenters. The van der Waals surface area contributed by atoms with Crippen molar-refractivity contribution in [1.29, 1.82) is 0 Å². The van der Waals surface area contributed by atoms with Gasteiger partial charge >= 0.3 is 0 Å². The maximum absolute atomic E-state index is 13.1. The van der Waals surface area contributed by atoms with Gasteiger partial charge in [-0.05, 0) is 50.5 Å². The molecule has 0 fully saturated rings. The Kier molecular flexibility index (Phi) is 8.34. The third-order valence-corrected chi connectivity index (χ3v) is 5.03. The second-order valence-corrected chi connectivity index (χ2v) is 7.92. The Labute approximate surface area is 176 Å². The molecular formula is C22H26Cl2N2O2. The van der Waals surface area contributed by atoms with E-state index in [0.29, 0.717) is 28.6 Å². The Morgan fingerprint density at radius 3 is 2.32 bits per heavy atom. The van der Waals surface area contributed by atoms with Gasteiger partial charge in [0, 0.05) is 22.6 Å². The highest BCUT2D eigenvalue weighted by Crippen LogP contribution is 2.22. The van der Waals surface area contributed by atoms with Crippen molar-refractivity contribution in [2.24, 2.45) is 0 Å². The van der Waals surface area contributed by atoms with E-state index in [9.17, 15) is 9.59 Å². The van der Waals surface area contributed by atoms with Crippen molar-refractivity contribution in [3.05, 3.63) is 69.7 Å². The van der Waals surface area contributed by atoms with Gasteiger partial charge in [-0.25, -0.2) is 0 Å². The summed E-state index contributed by atoms with van der Waals surface area (Å²) in [4.78, 5) is 27.2. The molecular weight excluding hydrogens is 395 g/mol. The average Bonchev–Trinajstić information content (AvgIpc) is 2.64. The Bertz CT molecular complexity index is 809. The molecule has 1 N–H and O–H groups in total. The zero-order valence-corrected chi connectivity index (χ0v) is 17.9. The highest BCUT2D eigenvalue weighted by atomic mass is 35.5. The maximum atomic E-state index is 13.1. The molecule has 2 aromatic rings. The summed E-state index contributed by atoms with van der Waals surface area (Å²) in [5.41, 5.74) is 1.80. The Morgan fingerprint density at radius 2 is 1.71 bits per heavy atom. The van der Waals surface area contributed by atoms with Crippen LogP contribution in [0.1, 0.15) is 31.9 Å². The van der Waals surface area contributed by atoms with Crippen LogP contribution >= 0.6 is 23.2 Å². The number of amides is 2. The van der Waals surface area contributed by atoms with E-state index in [1.807, 2.05) is 44.2 Å². The van der Waals surface area contributed by atoms with Crippen LogP contribution in [0.2, 0.25) is 10.0 Å². The summed E-state index contributed by atoms with van der Waals surface area (Å²) >= 11 is 12.2. The Hall–Kier alpha value is -2.04. The van der Waals surface area contributed by atoms with E-state index in [0.717, 1.165) is 5.56 Å². The standard InChI is InChI=1S/C22H26Cl2N2O2/c1-15(2)25-22(28)16(3)26(12-11-17-7-5-4-6-8-17)21(27)13-18-9-10-19(23)14-20(18)24/h4-10,14-16H,11-13H2,1-3H3,(H,25,28)/t16-/m0/s1. The van der Waals surface area contributed by atoms with E-state index < -0.39 is 6.04 Å². The van der Waals surface area contributed by atoms with E-state index in [1.54, 1.807) is 30.0 Å². The smallest absolute Gasteiger partial charge is 0.242 e. The van der Waals surface area contributed by atoms with Crippen LogP contribution in [0.4, 0.5) is 0 Å². The number of benzene rings is 2. The molecule has 28 heavy (non-hydrogen) atoms. The first kappa shape index (κ1) is 22.3. The lowest BCUT2D eigenvalue weighted by atomic mass is 10.1. The fourth-order valence-corrected chi connectivity index (χ4v) is 3.38. The second kappa shape index (κ2) is 10.5. The number of hydrogen-bond acceptors (Lipinski definition) is 2. The van der Waals surface area contributed by atoms with Gasteiger partial charge in [0.1, 0.15) is 6.04 Å². The second-order valence-electron chi connectivity index (χ2n) is 7.07. The van der Waals surface area contributed by atoms with Crippen LogP contribution in [-0.4, -0.2) is 35.3 Å². The van der Waals surface area contributed by atoms with Crippen molar-refractivity contribution < 1.29 is 9.59 Å². The van der Waals surface area contributed by atoms with Crippen molar-refractivity contribution >= 4 is 35.0 Å². The van der Waals surface area contributed by atoms with Crippen molar-refractivity contribution in [1.82, 2.24) is 10.2 Å². The van der Waals surface area contributed by atoms with Gasteiger partial charge in [-0.1, -0.05) is 59.6 Å². The molecule has 2 rings (SSSR count). The summed E-state index contributed by atoms with van der Waals surface area (Å²) in [5, 5.41) is 3.85. The molecule has 0 aliphatic rings. The molecule has 0 aromatic heterocycles. The van der Waals surface area contributed by atoms with Crippen LogP contribution in [0.5, 0.6) is 0 Å². The molecule has 0 bridgehead atoms. The van der Waals surface area contributed by atoms with Crippen molar-refractivity contribution in [3.63, 3.8) is 0 Å². The minimum atomic E-state index is -0.579. The predicted octanol–water partition coefficient (Wildman–Crippen LogP) is 4.52. The normalized spacial score (nSPS) is 11.9. The van der Waals surface area contributed by atoms with Crippen LogP contribution in [0.25, 0.3) is 0 Å². The zero-order valence-electron chi connectivity index (χ0n) is 16.4. The van der Waals surface area contributed by atoms with Crippen molar-refractivity contribution in [2.45, 2.75) is 45.7 Å². The summed E-state index contributed by atoms with van der Waals surface area (Å²) < 4.78 is 0. The molecule has 4 nitrogen and oxygen atoms in total. The van der Waals surface area contributed by atoms with Crippen LogP contribution in [-0.2, 0) is 22.4 Å². The number of nitrogens with zero attached hydrogens (tertiary/aromatic N) is 1. The van der Waals surface area contributed by atoms with Gasteiger partial charge in [0.15, 0.2) is 0 Å². The molecule has 150 valence electrons. The third kappa shape index (κ3) is 6.54. The molecule has 0 saturated carbocycles. The predicted molar refractivity (Wildman–Crippen MR) is 115 cm³/mol. The van der Waals surface area contributed by atoms with Gasteiger partial charge in [0.2, 0.25) is 11.8 Å². The fourth-order valence-electron chi connectivity index (χ4n) is 2.90. The van der Waals surface area contributed by atoms with Crippen LogP contribution in [0.15, 0.2) is 48.5 Å². The zero-order chi connectivity index (χ0) is 20.7. The number of carbonyl (C=O) groups excluding carboxylic acids is 2. The summed E-state index contributed by atoms with van der Waals surface area (Å²) in [7, 11) is 0. The Balaban J connectivity index is 2.17. The number of hydrogen-bond donors (Lipinski definition) is 1. The fraction of sp³-hybridized carbons (Fsp3) is 0.364. The Morgan fingerprint density at radius 1 is 1.04 bits per heavy atom. The van der Waals surface area contributed by atoms with E-state index in [4.69, 9.17) is 23.2 Å². The first-order valence-corrected chi connectivity index (χ1v) is 10.1. The number of carbonyl (C=O) groups is 2. The summed E-state index contributed by atoms with van der Waals surface area (Å²) in [5.74, 6) is -0.315. The van der Waals surface area contributed by atoms with E-state index >= 15 is 0 Å². The first-order chi connectivity index (χ1) is 13.3. The van der Waals surface area contributed by atoms with E-state index in [1.165, 1.54) is 0 Å². The van der Waals surface area contributed by atoms with Crippen molar-refractivity contribution in [2.75, 3.05) is 6.54 Å². The largest absolute Gasteiger partial charge is 0.352 e. The molecule has 0 saturated heterocycles. The lowest BCUT2D eigenvalue weighted by Crippen LogP contribution is -2.50. The van der Waals surface area contributed by atoms with E-state index in [-0.39, 0.29) is 24.3 Å². The first-order valence-electron chi connectivity index (χ1n) is 9.35. The quantitative estimate of drug-likeness (QED) is 0.682. The topological polar surface area (TPSA) is 49.4 Å². The third-order valence-electron chi connectivity index (χ3n) is 4.44. The molecule has 0 aliphatic carbocycles. The van der Waals surface area contributed by atoms with Crippen molar-refractivity contribution in [3.8, 4) is 0 Å². The number of nitrogens with one attached hydrogen (secondary N) is 1. The van der Waals surface area contributed by atoms with Gasteiger partial charge in [-0.3, -0.25) is 9.59 Å². The molecule has 0 heterocycles. The molecule has 2 amide bonds. The van der Waals surface area contributed by atoms with Crippen LogP contribution in [0, 0.1) is 0 Å². The van der Waals surface area contributed by atoms with Gasteiger partial charge < -0.3 is 10.2 Å². The summed E-state index contributed by atoms with van der Waals surface area (Å²) in [6, 6.07) is 14.4. The highest BCUT2D eigenvalue weighted by Gasteiger charge is 2.26. The number of halogens is 2. The highest BCUT2D eigenvalue weighted by molar-refractivity contribution is 6.35. The minimum absolute atomic E-state index is 0.00624. The monoisotopic (exact) mass is 420 g/mol. The summed E-state index contributed by atoms with van der Waals surface area (Å²) in [6.07, 6.45) is 0.782. The van der Waals surface area contributed by atoms with Gasteiger partial charge in [0.05, 0.1) is 6.42 Å². The lowest BCUT2D eigenvalue weighted by Gasteiger charge is -2.29. The summed E-state index contributed by atoms with van der Waals surface area (Å²) in [6.45, 7) is 5.99. The molecule has 0 radical (unpaired) electrons. The molecule has 2 aromatic carbocycles. The lowest BCUT2D eigenvalue weighted by molar-refractivity contribution is -0.139. The number of rotatable bonds is 8. The van der Waals surface area contributed by atoms with Crippen LogP contribution in [0.3, 0.4) is 0 Å². The van der Waals surface area contributed by atoms with Gasteiger partial charge in [-0.15, -0.1) is 0 Å². The van der Waals surface area contributed by atoms with E-state index in [2.05, 4.69) is 5.32 Å². The molecule has 0 spiro atoms. The molecule has 6 heteroatoms. The SMILES string of the molecule is CC(C)NC(=O)[C@H](C)N(CCc1ccccc1)C(=O)Cc1ccc(Cl)cc1Cl. The molecule has 1 atom stereocenters. The molecule has 0 aliphatic heterocycles. The average molecular weight is 421 g/mol.